The molecule has 0 aliphatic carbocycles. The molecule has 6 heteroatoms. The molecular weight excluding hydrogens is 184 g/mol. The Morgan fingerprint density at radius 3 is 2.75 bits per heavy atom. The van der Waals surface area contributed by atoms with E-state index >= 15 is 0 Å². The summed E-state index contributed by atoms with van der Waals surface area (Å²) < 4.78 is 19.1. The van der Waals surface area contributed by atoms with Crippen molar-refractivity contribution in [1.29, 1.82) is 0 Å². The van der Waals surface area contributed by atoms with Crippen LogP contribution in [-0.4, -0.2) is 23.1 Å². The molecule has 0 radical (unpaired) electrons. The predicted octanol–water partition coefficient (Wildman–Crippen LogP) is 0.124. The first-order valence-corrected chi connectivity index (χ1v) is 4.40. The van der Waals surface area contributed by atoms with Gasteiger partial charge < -0.3 is 8.98 Å². The van der Waals surface area contributed by atoms with Gasteiger partial charge in [-0.05, 0) is 6.42 Å². The molecule has 0 bridgehead atoms. The van der Waals surface area contributed by atoms with Crippen LogP contribution in [0.1, 0.15) is 19.8 Å². The average molecular weight is 194 g/mol. The summed E-state index contributed by atoms with van der Waals surface area (Å²) in [5.41, 5.74) is 0. The molecule has 0 aromatic carbocycles. The van der Waals surface area contributed by atoms with E-state index < -0.39 is 17.3 Å². The topological polar surface area (TPSA) is 69.7 Å². The molecule has 0 aliphatic heterocycles. The number of hydrogen-bond acceptors (Lipinski definition) is 5. The van der Waals surface area contributed by atoms with E-state index in [1.165, 1.54) is 0 Å². The van der Waals surface area contributed by atoms with Crippen LogP contribution >= 0.6 is 0 Å². The Morgan fingerprint density at radius 2 is 2.25 bits per heavy atom. The molecule has 1 atom stereocenters. The summed E-state index contributed by atoms with van der Waals surface area (Å²) in [4.78, 5) is 20.4. The van der Waals surface area contributed by atoms with Crippen molar-refractivity contribution >= 4 is 23.6 Å². The van der Waals surface area contributed by atoms with Crippen molar-refractivity contribution in [2.75, 3.05) is 6.61 Å². The molecule has 1 unspecified atom stereocenters. The van der Waals surface area contributed by atoms with Gasteiger partial charge >= 0.3 is 17.3 Å². The Balaban J connectivity index is 3.54. The molecule has 0 heterocycles. The standard InChI is InChI=1S/C6H10O5S/c1-2-3-6(8)11-12(9)10-5-4-7/h4H,2-3,5H2,1H3. The summed E-state index contributed by atoms with van der Waals surface area (Å²) in [6, 6.07) is 0. The van der Waals surface area contributed by atoms with Crippen LogP contribution in [0.3, 0.4) is 0 Å². The van der Waals surface area contributed by atoms with Gasteiger partial charge in [-0.1, -0.05) is 6.92 Å². The average Bonchev–Trinajstić information content (AvgIpc) is 2.01. The van der Waals surface area contributed by atoms with Crippen LogP contribution in [0.4, 0.5) is 0 Å². The first kappa shape index (κ1) is 11.2. The molecule has 0 aromatic rings. The summed E-state index contributed by atoms with van der Waals surface area (Å²) in [5.74, 6) is -0.596. The highest BCUT2D eigenvalue weighted by Crippen LogP contribution is 1.95. The smallest absolute Gasteiger partial charge is 0.343 e. The lowest BCUT2D eigenvalue weighted by Gasteiger charge is -1.99. The zero-order chi connectivity index (χ0) is 9.40. The highest BCUT2D eigenvalue weighted by Gasteiger charge is 2.07. The van der Waals surface area contributed by atoms with Gasteiger partial charge in [-0.15, -0.1) is 0 Å². The van der Waals surface area contributed by atoms with Crippen LogP contribution in [0, 0.1) is 0 Å². The van der Waals surface area contributed by atoms with Crippen LogP contribution < -0.4 is 0 Å². The second kappa shape index (κ2) is 6.93. The SMILES string of the molecule is CCCC(=O)OS(=O)OCC=O. The van der Waals surface area contributed by atoms with E-state index in [1.807, 2.05) is 0 Å². The van der Waals surface area contributed by atoms with Crippen molar-refractivity contribution in [2.45, 2.75) is 19.8 Å². The first-order chi connectivity index (χ1) is 5.70. The second-order valence-corrected chi connectivity index (χ2v) is 2.67. The van der Waals surface area contributed by atoms with Crippen LogP contribution in [0.15, 0.2) is 0 Å². The van der Waals surface area contributed by atoms with Crippen molar-refractivity contribution < 1.29 is 22.2 Å². The Bertz CT molecular complexity index is 179. The zero-order valence-corrected chi connectivity index (χ0v) is 7.46. The van der Waals surface area contributed by atoms with E-state index in [0.717, 1.165) is 0 Å². The summed E-state index contributed by atoms with van der Waals surface area (Å²) in [6.45, 7) is 1.45. The molecule has 70 valence electrons. The molecule has 12 heavy (non-hydrogen) atoms. The second-order valence-electron chi connectivity index (χ2n) is 1.86. The van der Waals surface area contributed by atoms with Crippen LogP contribution in [-0.2, 0) is 29.3 Å². The third kappa shape index (κ3) is 5.99. The lowest BCUT2D eigenvalue weighted by atomic mass is 10.4. The number of rotatable bonds is 6. The molecule has 0 amide bonds. The minimum absolute atomic E-state index is 0.191. The van der Waals surface area contributed by atoms with Crippen LogP contribution in [0.25, 0.3) is 0 Å². The maximum atomic E-state index is 10.6. The Labute approximate surface area is 72.9 Å². The van der Waals surface area contributed by atoms with Gasteiger partial charge in [0.1, 0.15) is 12.9 Å². The van der Waals surface area contributed by atoms with Gasteiger partial charge in [0.05, 0.1) is 0 Å². The van der Waals surface area contributed by atoms with E-state index in [-0.39, 0.29) is 13.0 Å². The van der Waals surface area contributed by atoms with Gasteiger partial charge in [0.2, 0.25) is 0 Å². The minimum atomic E-state index is -2.13. The van der Waals surface area contributed by atoms with Gasteiger partial charge in [0, 0.05) is 6.42 Å². The molecule has 0 fully saturated rings. The Kier molecular flexibility index (Phi) is 6.50. The first-order valence-electron chi connectivity index (χ1n) is 3.40. The van der Waals surface area contributed by atoms with Crippen LogP contribution in [0.2, 0.25) is 0 Å². The van der Waals surface area contributed by atoms with Crippen LogP contribution in [0.5, 0.6) is 0 Å². The molecular formula is C6H10O5S. The van der Waals surface area contributed by atoms with Gasteiger partial charge in [0.25, 0.3) is 0 Å². The normalized spacial score (nSPS) is 12.1. The molecule has 0 aromatic heterocycles. The van der Waals surface area contributed by atoms with Crippen molar-refractivity contribution in [1.82, 2.24) is 0 Å². The third-order valence-corrected chi connectivity index (χ3v) is 1.50. The summed E-state index contributed by atoms with van der Waals surface area (Å²) in [5, 5.41) is 0. The fourth-order valence-corrected chi connectivity index (χ4v) is 0.879. The Morgan fingerprint density at radius 1 is 1.58 bits per heavy atom. The molecule has 0 spiro atoms. The number of carbonyl (C=O) groups is 2. The summed E-state index contributed by atoms with van der Waals surface area (Å²) in [6.07, 6.45) is 1.23. The largest absolute Gasteiger partial charge is 0.363 e. The fourth-order valence-electron chi connectivity index (χ4n) is 0.429. The zero-order valence-electron chi connectivity index (χ0n) is 6.65. The minimum Gasteiger partial charge on any atom is -0.343 e. The molecule has 0 rings (SSSR count). The lowest BCUT2D eigenvalue weighted by Crippen LogP contribution is -2.10. The molecule has 0 saturated heterocycles. The van der Waals surface area contributed by atoms with E-state index in [0.29, 0.717) is 12.7 Å². The highest BCUT2D eigenvalue weighted by atomic mass is 32.2. The van der Waals surface area contributed by atoms with Crippen molar-refractivity contribution in [3.05, 3.63) is 0 Å². The van der Waals surface area contributed by atoms with Gasteiger partial charge in [-0.2, -0.15) is 4.21 Å². The van der Waals surface area contributed by atoms with E-state index in [4.69, 9.17) is 0 Å². The predicted molar refractivity (Wildman–Crippen MR) is 41.2 cm³/mol. The van der Waals surface area contributed by atoms with E-state index in [9.17, 15) is 13.8 Å². The fraction of sp³-hybridized carbons (Fsp3) is 0.667. The highest BCUT2D eigenvalue weighted by molar-refractivity contribution is 7.75. The third-order valence-electron chi connectivity index (χ3n) is 0.847. The monoisotopic (exact) mass is 194 g/mol. The van der Waals surface area contributed by atoms with E-state index in [1.54, 1.807) is 6.92 Å². The maximum Gasteiger partial charge on any atom is 0.363 e. The molecule has 0 N–H and O–H groups in total. The number of hydrogen-bond donors (Lipinski definition) is 0. The molecule has 0 aliphatic rings. The quantitative estimate of drug-likeness (QED) is 0.562. The van der Waals surface area contributed by atoms with Crippen molar-refractivity contribution in [2.24, 2.45) is 0 Å². The summed E-state index contributed by atoms with van der Waals surface area (Å²) >= 11 is -2.13. The summed E-state index contributed by atoms with van der Waals surface area (Å²) in [7, 11) is 0. The molecule has 0 saturated carbocycles. The Hall–Kier alpha value is -0.750. The number of aldehydes is 1. The lowest BCUT2D eigenvalue weighted by molar-refractivity contribution is -0.134. The number of carbonyl (C=O) groups excluding carboxylic acids is 2. The molecule has 5 nitrogen and oxygen atoms in total. The van der Waals surface area contributed by atoms with Gasteiger partial charge in [-0.3, -0.25) is 8.98 Å². The van der Waals surface area contributed by atoms with Crippen molar-refractivity contribution in [3.63, 3.8) is 0 Å². The van der Waals surface area contributed by atoms with Gasteiger partial charge in [-0.25, -0.2) is 0 Å². The van der Waals surface area contributed by atoms with Crippen molar-refractivity contribution in [3.8, 4) is 0 Å². The van der Waals surface area contributed by atoms with Gasteiger partial charge in [0.15, 0.2) is 0 Å². The maximum absolute atomic E-state index is 10.6. The van der Waals surface area contributed by atoms with E-state index in [2.05, 4.69) is 8.37 Å².